The first-order valence-corrected chi connectivity index (χ1v) is 9.61. The zero-order valence-corrected chi connectivity index (χ0v) is 14.5. The molecule has 112 valence electrons. The van der Waals surface area contributed by atoms with E-state index >= 15 is 0 Å². The minimum absolute atomic E-state index is 0.317. The summed E-state index contributed by atoms with van der Waals surface area (Å²) in [5.74, 6) is 3.20. The van der Waals surface area contributed by atoms with Crippen molar-refractivity contribution in [3.05, 3.63) is 0 Å². The number of hydrogen-bond donors (Lipinski definition) is 1. The van der Waals surface area contributed by atoms with Crippen molar-refractivity contribution in [1.82, 2.24) is 5.32 Å². The van der Waals surface area contributed by atoms with Crippen LogP contribution in [0.5, 0.6) is 0 Å². The maximum absolute atomic E-state index is 11.6. The van der Waals surface area contributed by atoms with Gasteiger partial charge in [-0.2, -0.15) is 10.0 Å². The van der Waals surface area contributed by atoms with Crippen LogP contribution in [0.25, 0.3) is 0 Å². The van der Waals surface area contributed by atoms with Crippen LogP contribution in [0.4, 0.5) is 4.79 Å². The van der Waals surface area contributed by atoms with Crippen LogP contribution in [0.15, 0.2) is 0 Å². The second kappa shape index (κ2) is 6.56. The molecule has 0 saturated heterocycles. The summed E-state index contributed by atoms with van der Waals surface area (Å²) in [6.45, 7) is 9.57. The van der Waals surface area contributed by atoms with E-state index in [4.69, 9.17) is 4.74 Å². The van der Waals surface area contributed by atoms with E-state index < -0.39 is 15.6 Å². The Hall–Kier alpha value is -0.820. The normalized spacial score (nSPS) is 17.1. The summed E-state index contributed by atoms with van der Waals surface area (Å²) in [7, 11) is -0.841. The molecule has 0 bridgehead atoms. The summed E-state index contributed by atoms with van der Waals surface area (Å²) in [6.07, 6.45) is 7.91. The van der Waals surface area contributed by atoms with E-state index in [1.807, 2.05) is 34.6 Å². The predicted octanol–water partition coefficient (Wildman–Crippen LogP) is 3.72. The first-order valence-electron chi connectivity index (χ1n) is 6.75. The van der Waals surface area contributed by atoms with Gasteiger partial charge in [0.1, 0.15) is 11.1 Å². The van der Waals surface area contributed by atoms with E-state index in [1.54, 1.807) is 0 Å². The maximum Gasteiger partial charge on any atom is 0.408 e. The Labute approximate surface area is 120 Å². The van der Waals surface area contributed by atoms with Crippen LogP contribution in [-0.2, 0) is 4.74 Å². The van der Waals surface area contributed by atoms with Crippen molar-refractivity contribution in [2.45, 2.75) is 58.6 Å². The molecule has 1 aliphatic rings. The van der Waals surface area contributed by atoms with Gasteiger partial charge in [-0.25, -0.2) is 4.79 Å². The first-order chi connectivity index (χ1) is 8.52. The SMILES string of the molecule is CC.CC(C)(C)OC(=O)NC1(C#CS(C)(C)C)CC1. The van der Waals surface area contributed by atoms with E-state index in [0.717, 1.165) is 12.8 Å². The Kier molecular flexibility index (Phi) is 6.28. The smallest absolute Gasteiger partial charge is 0.408 e. The van der Waals surface area contributed by atoms with Crippen LogP contribution in [-0.4, -0.2) is 36.0 Å². The van der Waals surface area contributed by atoms with Crippen molar-refractivity contribution in [2.75, 3.05) is 18.8 Å². The molecule has 1 N–H and O–H groups in total. The van der Waals surface area contributed by atoms with Crippen molar-refractivity contribution in [1.29, 1.82) is 0 Å². The van der Waals surface area contributed by atoms with Gasteiger partial charge in [-0.1, -0.05) is 25.0 Å². The van der Waals surface area contributed by atoms with Crippen LogP contribution in [0.2, 0.25) is 0 Å². The zero-order valence-electron chi connectivity index (χ0n) is 13.6. The summed E-state index contributed by atoms with van der Waals surface area (Å²) in [6, 6.07) is 0. The van der Waals surface area contributed by atoms with Gasteiger partial charge in [0.15, 0.2) is 0 Å². The monoisotopic (exact) mass is 287 g/mol. The fraction of sp³-hybridized carbons (Fsp3) is 0.800. The van der Waals surface area contributed by atoms with Crippen LogP contribution < -0.4 is 5.32 Å². The number of alkyl carbamates (subject to hydrolysis) is 1. The molecule has 3 nitrogen and oxygen atoms in total. The second-order valence-electron chi connectivity index (χ2n) is 6.27. The van der Waals surface area contributed by atoms with Crippen molar-refractivity contribution in [3.63, 3.8) is 0 Å². The first kappa shape index (κ1) is 18.2. The molecule has 0 aromatic heterocycles. The number of carbonyl (C=O) groups is 1. The highest BCUT2D eigenvalue weighted by atomic mass is 32.3. The average molecular weight is 287 g/mol. The fourth-order valence-corrected chi connectivity index (χ4v) is 1.66. The summed E-state index contributed by atoms with van der Waals surface area (Å²) in [5.41, 5.74) is -0.772. The van der Waals surface area contributed by atoms with Crippen molar-refractivity contribution in [2.24, 2.45) is 0 Å². The molecule has 0 heterocycles. The number of rotatable bonds is 1. The van der Waals surface area contributed by atoms with E-state index in [-0.39, 0.29) is 11.6 Å². The number of ether oxygens (including phenoxy) is 1. The Morgan fingerprint density at radius 3 is 2.00 bits per heavy atom. The summed E-state index contributed by atoms with van der Waals surface area (Å²) < 4.78 is 5.23. The molecule has 0 aromatic rings. The average Bonchev–Trinajstić information content (AvgIpc) is 2.95. The van der Waals surface area contributed by atoms with Gasteiger partial charge in [-0.05, 0) is 52.4 Å². The van der Waals surface area contributed by atoms with Crippen molar-refractivity contribution in [3.8, 4) is 11.2 Å². The predicted molar refractivity (Wildman–Crippen MR) is 85.8 cm³/mol. The second-order valence-corrected chi connectivity index (χ2v) is 10.2. The molecule has 0 spiro atoms. The van der Waals surface area contributed by atoms with Gasteiger partial charge in [0.2, 0.25) is 0 Å². The molecule has 1 saturated carbocycles. The van der Waals surface area contributed by atoms with Gasteiger partial charge in [0.05, 0.1) is 0 Å². The van der Waals surface area contributed by atoms with Gasteiger partial charge in [0, 0.05) is 0 Å². The fourth-order valence-electron chi connectivity index (χ4n) is 1.16. The van der Waals surface area contributed by atoms with Crippen LogP contribution >= 0.6 is 10.0 Å². The lowest BCUT2D eigenvalue weighted by molar-refractivity contribution is 0.0511. The van der Waals surface area contributed by atoms with Gasteiger partial charge in [-0.3, -0.25) is 0 Å². The number of nitrogens with one attached hydrogen (secondary N) is 1. The molecule has 0 aromatic carbocycles. The van der Waals surface area contributed by atoms with Crippen LogP contribution in [0.1, 0.15) is 47.5 Å². The molecular weight excluding hydrogens is 258 g/mol. The lowest BCUT2D eigenvalue weighted by Crippen LogP contribution is -2.39. The highest BCUT2D eigenvalue weighted by molar-refractivity contribution is 8.35. The number of hydrogen-bond acceptors (Lipinski definition) is 2. The highest BCUT2D eigenvalue weighted by Crippen LogP contribution is 2.38. The minimum Gasteiger partial charge on any atom is -0.444 e. The van der Waals surface area contributed by atoms with Gasteiger partial charge in [-0.15, -0.1) is 0 Å². The number of amides is 1. The summed E-state index contributed by atoms with van der Waals surface area (Å²) in [4.78, 5) is 11.6. The lowest BCUT2D eigenvalue weighted by Gasteiger charge is -2.22. The molecule has 0 radical (unpaired) electrons. The summed E-state index contributed by atoms with van der Waals surface area (Å²) >= 11 is 0. The quantitative estimate of drug-likeness (QED) is 0.746. The molecule has 19 heavy (non-hydrogen) atoms. The minimum atomic E-state index is -0.841. The van der Waals surface area contributed by atoms with E-state index in [0.29, 0.717) is 0 Å². The number of carbonyl (C=O) groups excluding carboxylic acids is 1. The third-order valence-corrected chi connectivity index (χ3v) is 2.80. The Bertz CT molecular complexity index is 362. The Morgan fingerprint density at radius 2 is 1.68 bits per heavy atom. The molecule has 1 rings (SSSR count). The van der Waals surface area contributed by atoms with E-state index in [2.05, 4.69) is 35.3 Å². The van der Waals surface area contributed by atoms with Crippen molar-refractivity contribution < 1.29 is 9.53 Å². The van der Waals surface area contributed by atoms with Gasteiger partial charge >= 0.3 is 6.09 Å². The molecule has 1 fully saturated rings. The van der Waals surface area contributed by atoms with Crippen LogP contribution in [0.3, 0.4) is 0 Å². The standard InChI is InChI=1S/C13H23NO2S.C2H6/c1-12(2,3)16-11(15)14-13(7-8-13)9-10-17(4,5)6;1-2/h7-8H2,1-6H3,(H,14,15);1-2H3. The molecule has 0 unspecified atom stereocenters. The zero-order chi connectivity index (χ0) is 15.3. The largest absolute Gasteiger partial charge is 0.444 e. The molecule has 1 amide bonds. The van der Waals surface area contributed by atoms with Gasteiger partial charge < -0.3 is 10.1 Å². The topological polar surface area (TPSA) is 38.3 Å². The van der Waals surface area contributed by atoms with Crippen molar-refractivity contribution >= 4 is 16.1 Å². The van der Waals surface area contributed by atoms with Crippen LogP contribution in [0, 0.1) is 11.2 Å². The molecular formula is C15H29NO2S. The Balaban J connectivity index is 0.00000154. The lowest BCUT2D eigenvalue weighted by atomic mass is 10.2. The van der Waals surface area contributed by atoms with E-state index in [1.165, 1.54) is 0 Å². The van der Waals surface area contributed by atoms with E-state index in [9.17, 15) is 4.79 Å². The summed E-state index contributed by atoms with van der Waals surface area (Å²) in [5, 5.41) is 6.13. The van der Waals surface area contributed by atoms with Gasteiger partial charge in [0.25, 0.3) is 0 Å². The highest BCUT2D eigenvalue weighted by Gasteiger charge is 2.43. The third kappa shape index (κ3) is 8.83. The molecule has 1 aliphatic carbocycles. The Morgan fingerprint density at radius 1 is 1.21 bits per heavy atom. The molecule has 0 atom stereocenters. The molecule has 4 heteroatoms. The maximum atomic E-state index is 11.6. The third-order valence-electron chi connectivity index (χ3n) is 2.09. The molecule has 0 aliphatic heterocycles.